The van der Waals surface area contributed by atoms with Gasteiger partial charge < -0.3 is 20.9 Å². The zero-order chi connectivity index (χ0) is 12.4. The van der Waals surface area contributed by atoms with Crippen molar-refractivity contribution in [3.63, 3.8) is 0 Å². The highest BCUT2D eigenvalue weighted by Gasteiger charge is 2.10. The molecular weight excluding hydrogens is 222 g/mol. The van der Waals surface area contributed by atoms with Gasteiger partial charge in [0.05, 0.1) is 22.7 Å². The van der Waals surface area contributed by atoms with Gasteiger partial charge in [0.25, 0.3) is 0 Å². The number of hydrogen-bond acceptors (Lipinski definition) is 4. The van der Waals surface area contributed by atoms with E-state index in [9.17, 15) is 9.90 Å². The number of nitrogens with two attached hydrogens (primary N) is 1. The van der Waals surface area contributed by atoms with Gasteiger partial charge in [0.15, 0.2) is 0 Å². The highest BCUT2D eigenvalue weighted by Crippen LogP contribution is 2.14. The Balaban J connectivity index is 2.33. The zero-order valence-electron chi connectivity index (χ0n) is 9.05. The number of nitrogens with one attached hydrogen (secondary N) is 1. The highest BCUT2D eigenvalue weighted by atomic mass is 16.4. The number of rotatable bonds is 4. The van der Waals surface area contributed by atoms with Gasteiger partial charge in [-0.15, -0.1) is 0 Å². The van der Waals surface area contributed by atoms with Gasteiger partial charge in [0.1, 0.15) is 5.82 Å². The standard InChI is InChI=1S/C11H13N3O3/c12-5-7(15)4-10-13-8-2-1-6(11(16)17)3-9(8)14-10/h1-3,7,15H,4-5,12H2,(H,13,14)(H,16,17). The Morgan fingerprint density at radius 1 is 1.53 bits per heavy atom. The Hall–Kier alpha value is -1.92. The summed E-state index contributed by atoms with van der Waals surface area (Å²) in [6, 6.07) is 4.64. The third kappa shape index (κ3) is 2.43. The summed E-state index contributed by atoms with van der Waals surface area (Å²) in [5, 5.41) is 18.2. The average Bonchev–Trinajstić information content (AvgIpc) is 2.69. The van der Waals surface area contributed by atoms with E-state index in [2.05, 4.69) is 9.97 Å². The number of aromatic nitrogens is 2. The maximum atomic E-state index is 10.8. The third-order valence-corrected chi connectivity index (χ3v) is 2.48. The predicted molar refractivity (Wildman–Crippen MR) is 61.8 cm³/mol. The fourth-order valence-corrected chi connectivity index (χ4v) is 1.60. The summed E-state index contributed by atoms with van der Waals surface area (Å²) in [6.07, 6.45) is -0.317. The summed E-state index contributed by atoms with van der Waals surface area (Å²) in [5.74, 6) is -0.384. The van der Waals surface area contributed by atoms with E-state index < -0.39 is 12.1 Å². The number of benzene rings is 1. The lowest BCUT2D eigenvalue weighted by molar-refractivity contribution is 0.0697. The lowest BCUT2D eigenvalue weighted by Gasteiger charge is -2.03. The Bertz CT molecular complexity index is 550. The van der Waals surface area contributed by atoms with Gasteiger partial charge in [-0.25, -0.2) is 9.78 Å². The second kappa shape index (κ2) is 4.52. The molecular formula is C11H13N3O3. The van der Waals surface area contributed by atoms with Gasteiger partial charge in [-0.1, -0.05) is 0 Å². The number of fused-ring (bicyclic) bond motifs is 1. The number of carbonyl (C=O) groups is 1. The quantitative estimate of drug-likeness (QED) is 0.601. The van der Waals surface area contributed by atoms with Crippen LogP contribution in [0, 0.1) is 0 Å². The Morgan fingerprint density at radius 3 is 2.94 bits per heavy atom. The van der Waals surface area contributed by atoms with E-state index >= 15 is 0 Å². The minimum Gasteiger partial charge on any atom is -0.478 e. The van der Waals surface area contributed by atoms with Gasteiger partial charge in [-0.3, -0.25) is 0 Å². The number of aromatic amines is 1. The zero-order valence-corrected chi connectivity index (χ0v) is 9.05. The number of aromatic carboxylic acids is 1. The normalized spacial score (nSPS) is 12.8. The van der Waals surface area contributed by atoms with Crippen molar-refractivity contribution in [2.24, 2.45) is 5.73 Å². The highest BCUT2D eigenvalue weighted by molar-refractivity contribution is 5.92. The number of carboxylic acids is 1. The van der Waals surface area contributed by atoms with E-state index in [4.69, 9.17) is 10.8 Å². The van der Waals surface area contributed by atoms with E-state index in [1.807, 2.05) is 0 Å². The van der Waals surface area contributed by atoms with Gasteiger partial charge in [0, 0.05) is 13.0 Å². The van der Waals surface area contributed by atoms with Gasteiger partial charge in [-0.05, 0) is 18.2 Å². The molecule has 17 heavy (non-hydrogen) atoms. The van der Waals surface area contributed by atoms with Crippen LogP contribution in [0.5, 0.6) is 0 Å². The first-order valence-corrected chi connectivity index (χ1v) is 5.20. The molecule has 1 unspecified atom stereocenters. The fourth-order valence-electron chi connectivity index (χ4n) is 1.60. The molecule has 0 radical (unpaired) electrons. The molecule has 1 heterocycles. The number of aliphatic hydroxyl groups is 1. The maximum Gasteiger partial charge on any atom is 0.335 e. The molecule has 0 saturated heterocycles. The largest absolute Gasteiger partial charge is 0.478 e. The number of carboxylic acid groups (broad SMARTS) is 1. The molecule has 0 aliphatic carbocycles. The average molecular weight is 235 g/mol. The van der Waals surface area contributed by atoms with Crippen molar-refractivity contribution in [1.82, 2.24) is 9.97 Å². The first-order chi connectivity index (χ1) is 8.10. The van der Waals surface area contributed by atoms with Crippen molar-refractivity contribution in [1.29, 1.82) is 0 Å². The van der Waals surface area contributed by atoms with Gasteiger partial charge in [0.2, 0.25) is 0 Å². The van der Waals surface area contributed by atoms with E-state index in [1.54, 1.807) is 6.07 Å². The van der Waals surface area contributed by atoms with Gasteiger partial charge >= 0.3 is 5.97 Å². The van der Waals surface area contributed by atoms with E-state index in [1.165, 1.54) is 12.1 Å². The van der Waals surface area contributed by atoms with Crippen molar-refractivity contribution < 1.29 is 15.0 Å². The van der Waals surface area contributed by atoms with Crippen molar-refractivity contribution in [2.75, 3.05) is 6.54 Å². The van der Waals surface area contributed by atoms with Crippen molar-refractivity contribution in [3.8, 4) is 0 Å². The number of nitrogens with zero attached hydrogens (tertiary/aromatic N) is 1. The number of hydrogen-bond donors (Lipinski definition) is 4. The molecule has 6 heteroatoms. The molecule has 0 aliphatic heterocycles. The molecule has 5 N–H and O–H groups in total. The first-order valence-electron chi connectivity index (χ1n) is 5.20. The molecule has 2 rings (SSSR count). The van der Waals surface area contributed by atoms with Crippen molar-refractivity contribution in [3.05, 3.63) is 29.6 Å². The van der Waals surface area contributed by atoms with Crippen LogP contribution in [0.15, 0.2) is 18.2 Å². The topological polar surface area (TPSA) is 112 Å². The summed E-state index contributed by atoms with van der Waals surface area (Å²) >= 11 is 0. The lowest BCUT2D eigenvalue weighted by Crippen LogP contribution is -2.22. The van der Waals surface area contributed by atoms with E-state index in [0.717, 1.165) is 0 Å². The molecule has 90 valence electrons. The number of imidazole rings is 1. The SMILES string of the molecule is NCC(O)Cc1nc2ccc(C(=O)O)cc2[nH]1. The monoisotopic (exact) mass is 235 g/mol. The van der Waals surface area contributed by atoms with Crippen LogP contribution in [0.2, 0.25) is 0 Å². The van der Waals surface area contributed by atoms with Crippen LogP contribution in [0.25, 0.3) is 11.0 Å². The summed E-state index contributed by atoms with van der Waals surface area (Å²) in [7, 11) is 0. The Labute approximate surface area is 97.1 Å². The minimum atomic E-state index is -0.981. The Morgan fingerprint density at radius 2 is 2.29 bits per heavy atom. The van der Waals surface area contributed by atoms with Gasteiger partial charge in [-0.2, -0.15) is 0 Å². The van der Waals surface area contributed by atoms with Crippen LogP contribution in [-0.2, 0) is 6.42 Å². The van der Waals surface area contributed by atoms with Crippen molar-refractivity contribution in [2.45, 2.75) is 12.5 Å². The molecule has 0 aliphatic rings. The molecule has 0 bridgehead atoms. The second-order valence-corrected chi connectivity index (χ2v) is 3.81. The first kappa shape index (κ1) is 11.6. The molecule has 1 atom stereocenters. The van der Waals surface area contributed by atoms with Crippen LogP contribution in [0.3, 0.4) is 0 Å². The number of aliphatic hydroxyl groups excluding tert-OH is 1. The smallest absolute Gasteiger partial charge is 0.335 e. The molecule has 0 amide bonds. The molecule has 0 fully saturated rings. The van der Waals surface area contributed by atoms with E-state index in [-0.39, 0.29) is 12.1 Å². The van der Waals surface area contributed by atoms with Crippen LogP contribution in [0.1, 0.15) is 16.2 Å². The summed E-state index contributed by atoms with van der Waals surface area (Å²) < 4.78 is 0. The predicted octanol–water partition coefficient (Wildman–Crippen LogP) is 0.123. The van der Waals surface area contributed by atoms with E-state index in [0.29, 0.717) is 23.3 Å². The molecule has 0 saturated carbocycles. The van der Waals surface area contributed by atoms with Crippen LogP contribution in [-0.4, -0.2) is 38.8 Å². The molecule has 2 aromatic rings. The minimum absolute atomic E-state index is 0.164. The van der Waals surface area contributed by atoms with Crippen LogP contribution in [0.4, 0.5) is 0 Å². The summed E-state index contributed by atoms with van der Waals surface area (Å²) in [5.41, 5.74) is 6.83. The fraction of sp³-hybridized carbons (Fsp3) is 0.273. The third-order valence-electron chi connectivity index (χ3n) is 2.48. The second-order valence-electron chi connectivity index (χ2n) is 3.81. The molecule has 0 spiro atoms. The maximum absolute atomic E-state index is 10.8. The van der Waals surface area contributed by atoms with Crippen molar-refractivity contribution >= 4 is 17.0 Å². The Kier molecular flexibility index (Phi) is 3.08. The lowest BCUT2D eigenvalue weighted by atomic mass is 10.2. The molecule has 1 aromatic carbocycles. The summed E-state index contributed by atoms with van der Waals surface area (Å²) in [6.45, 7) is 0.164. The summed E-state index contributed by atoms with van der Waals surface area (Å²) in [4.78, 5) is 18.0. The van der Waals surface area contributed by atoms with Crippen LogP contribution >= 0.6 is 0 Å². The molecule has 6 nitrogen and oxygen atoms in total. The van der Waals surface area contributed by atoms with Crippen LogP contribution < -0.4 is 5.73 Å². The number of H-pyrrole nitrogens is 1. The molecule has 1 aromatic heterocycles.